The van der Waals surface area contributed by atoms with Crippen molar-refractivity contribution in [1.82, 2.24) is 24.8 Å². The monoisotopic (exact) mass is 345 g/mol. The van der Waals surface area contributed by atoms with Crippen molar-refractivity contribution >= 4 is 5.91 Å². The van der Waals surface area contributed by atoms with E-state index in [9.17, 15) is 4.79 Å². The van der Waals surface area contributed by atoms with E-state index in [0.717, 1.165) is 19.3 Å². The van der Waals surface area contributed by atoms with E-state index in [1.54, 1.807) is 31.9 Å². The Bertz CT molecular complexity index is 650. The van der Waals surface area contributed by atoms with Crippen LogP contribution in [0.5, 0.6) is 0 Å². The number of rotatable bonds is 7. The summed E-state index contributed by atoms with van der Waals surface area (Å²) < 4.78 is 13.0. The van der Waals surface area contributed by atoms with E-state index in [4.69, 9.17) is 9.47 Å². The van der Waals surface area contributed by atoms with Gasteiger partial charge < -0.3 is 19.4 Å². The van der Waals surface area contributed by atoms with Gasteiger partial charge in [0.1, 0.15) is 12.0 Å². The maximum absolute atomic E-state index is 12.4. The molecular formula is C17H23N5O3. The lowest BCUT2D eigenvalue weighted by Crippen LogP contribution is -2.46. The minimum atomic E-state index is -0.184. The number of aromatic nitrogens is 4. The average Bonchev–Trinajstić information content (AvgIpc) is 3.18. The molecule has 3 atom stereocenters. The first-order chi connectivity index (χ1) is 12.3. The molecule has 1 amide bonds. The van der Waals surface area contributed by atoms with E-state index in [0.29, 0.717) is 18.9 Å². The Balaban J connectivity index is 1.66. The molecule has 8 heteroatoms. The van der Waals surface area contributed by atoms with Crippen LogP contribution in [-0.2, 0) is 9.47 Å². The van der Waals surface area contributed by atoms with Gasteiger partial charge in [0.25, 0.3) is 5.91 Å². The zero-order valence-electron chi connectivity index (χ0n) is 14.2. The first-order valence-corrected chi connectivity index (χ1v) is 8.42. The second-order valence-electron chi connectivity index (χ2n) is 6.05. The zero-order chi connectivity index (χ0) is 17.5. The van der Waals surface area contributed by atoms with Gasteiger partial charge >= 0.3 is 0 Å². The number of nitrogens with zero attached hydrogens (tertiary/aromatic N) is 4. The van der Waals surface area contributed by atoms with Crippen LogP contribution in [0.1, 0.15) is 35.8 Å². The van der Waals surface area contributed by atoms with Gasteiger partial charge in [0.15, 0.2) is 0 Å². The molecule has 2 aromatic rings. The quantitative estimate of drug-likeness (QED) is 0.759. The molecule has 0 aromatic carbocycles. The third-order valence-corrected chi connectivity index (χ3v) is 4.45. The van der Waals surface area contributed by atoms with Gasteiger partial charge in [-0.15, -0.1) is 0 Å². The first-order valence-electron chi connectivity index (χ1n) is 8.42. The fourth-order valence-electron chi connectivity index (χ4n) is 3.19. The fourth-order valence-corrected chi connectivity index (χ4v) is 3.19. The van der Waals surface area contributed by atoms with Crippen molar-refractivity contribution in [2.45, 2.75) is 37.5 Å². The topological polar surface area (TPSA) is 91.2 Å². The summed E-state index contributed by atoms with van der Waals surface area (Å²) in [7, 11) is 1.66. The van der Waals surface area contributed by atoms with Crippen molar-refractivity contribution in [3.63, 3.8) is 0 Å². The normalized spacial score (nSPS) is 23.3. The van der Waals surface area contributed by atoms with Crippen LogP contribution in [0.2, 0.25) is 0 Å². The average molecular weight is 345 g/mol. The number of carbonyl (C=O) groups is 1. The molecule has 1 saturated carbocycles. The van der Waals surface area contributed by atoms with Crippen LogP contribution in [0.25, 0.3) is 0 Å². The van der Waals surface area contributed by atoms with Crippen LogP contribution >= 0.6 is 0 Å². The van der Waals surface area contributed by atoms with Crippen molar-refractivity contribution < 1.29 is 14.3 Å². The smallest absolute Gasteiger partial charge is 0.270 e. The van der Waals surface area contributed by atoms with Gasteiger partial charge in [-0.2, -0.15) is 0 Å². The molecule has 0 bridgehead atoms. The van der Waals surface area contributed by atoms with Crippen LogP contribution in [0.4, 0.5) is 0 Å². The third-order valence-electron chi connectivity index (χ3n) is 4.45. The number of ether oxygens (including phenoxy) is 2. The molecular weight excluding hydrogens is 322 g/mol. The second-order valence-corrected chi connectivity index (χ2v) is 6.05. The highest BCUT2D eigenvalue weighted by molar-refractivity contribution is 5.92. The van der Waals surface area contributed by atoms with Crippen LogP contribution < -0.4 is 5.32 Å². The molecule has 3 rings (SSSR count). The lowest BCUT2D eigenvalue weighted by Gasteiger charge is -2.37. The molecule has 134 valence electrons. The van der Waals surface area contributed by atoms with Crippen molar-refractivity contribution in [2.24, 2.45) is 0 Å². The molecule has 1 N–H and O–H groups in total. The Morgan fingerprint density at radius 3 is 2.96 bits per heavy atom. The van der Waals surface area contributed by atoms with Gasteiger partial charge in [0, 0.05) is 25.7 Å². The molecule has 1 fully saturated rings. The Labute approximate surface area is 146 Å². The van der Waals surface area contributed by atoms with Gasteiger partial charge in [0.05, 0.1) is 37.7 Å². The standard InChI is InChI=1S/C17H23N5O3/c1-24-8-9-25-13-2-3-14(16(10-13)22-7-6-19-12-22)21-17(23)15-4-5-18-11-20-15/h4-7,11-14,16H,2-3,8-10H2,1H3,(H,21,23). The highest BCUT2D eigenvalue weighted by Crippen LogP contribution is 2.30. The molecule has 0 radical (unpaired) electrons. The summed E-state index contributed by atoms with van der Waals surface area (Å²) in [5, 5.41) is 3.10. The maximum atomic E-state index is 12.4. The summed E-state index contributed by atoms with van der Waals surface area (Å²) in [6, 6.07) is 1.70. The van der Waals surface area contributed by atoms with Crippen molar-refractivity contribution in [3.05, 3.63) is 43.0 Å². The summed E-state index contributed by atoms with van der Waals surface area (Å²) >= 11 is 0. The fraction of sp³-hybridized carbons (Fsp3) is 0.529. The molecule has 3 unspecified atom stereocenters. The number of hydrogen-bond acceptors (Lipinski definition) is 6. The second kappa shape index (κ2) is 8.68. The van der Waals surface area contributed by atoms with Gasteiger partial charge in [-0.25, -0.2) is 15.0 Å². The van der Waals surface area contributed by atoms with E-state index < -0.39 is 0 Å². The van der Waals surface area contributed by atoms with Gasteiger partial charge in [-0.05, 0) is 25.3 Å². The van der Waals surface area contributed by atoms with Crippen molar-refractivity contribution in [3.8, 4) is 0 Å². The predicted molar refractivity (Wildman–Crippen MR) is 90.0 cm³/mol. The Morgan fingerprint density at radius 2 is 2.24 bits per heavy atom. The number of amides is 1. The highest BCUT2D eigenvalue weighted by Gasteiger charge is 2.33. The van der Waals surface area contributed by atoms with Crippen molar-refractivity contribution in [1.29, 1.82) is 0 Å². The van der Waals surface area contributed by atoms with E-state index in [-0.39, 0.29) is 24.1 Å². The Kier molecular flexibility index (Phi) is 6.08. The van der Waals surface area contributed by atoms with Crippen LogP contribution in [-0.4, -0.2) is 57.9 Å². The molecule has 8 nitrogen and oxygen atoms in total. The third kappa shape index (κ3) is 4.61. The molecule has 2 heterocycles. The first kappa shape index (κ1) is 17.5. The van der Waals surface area contributed by atoms with Crippen LogP contribution in [0, 0.1) is 0 Å². The Morgan fingerprint density at radius 1 is 1.32 bits per heavy atom. The molecule has 2 aromatic heterocycles. The summed E-state index contributed by atoms with van der Waals surface area (Å²) in [6.45, 7) is 1.16. The number of imidazole rings is 1. The zero-order valence-corrected chi connectivity index (χ0v) is 14.2. The molecule has 25 heavy (non-hydrogen) atoms. The minimum Gasteiger partial charge on any atom is -0.382 e. The van der Waals surface area contributed by atoms with E-state index in [2.05, 4.69) is 20.3 Å². The number of nitrogens with one attached hydrogen (secondary N) is 1. The van der Waals surface area contributed by atoms with Gasteiger partial charge in [-0.3, -0.25) is 4.79 Å². The number of carbonyl (C=O) groups excluding carboxylic acids is 1. The molecule has 0 spiro atoms. The maximum Gasteiger partial charge on any atom is 0.270 e. The number of methoxy groups -OCH3 is 1. The van der Waals surface area contributed by atoms with Gasteiger partial charge in [0.2, 0.25) is 0 Å². The summed E-state index contributed by atoms with van der Waals surface area (Å²) in [4.78, 5) is 24.4. The lowest BCUT2D eigenvalue weighted by atomic mass is 9.87. The van der Waals surface area contributed by atoms with Crippen LogP contribution in [0.15, 0.2) is 37.3 Å². The minimum absolute atomic E-state index is 0.000981. The molecule has 0 saturated heterocycles. The largest absolute Gasteiger partial charge is 0.382 e. The Hall–Kier alpha value is -2.32. The highest BCUT2D eigenvalue weighted by atomic mass is 16.5. The van der Waals surface area contributed by atoms with E-state index in [1.165, 1.54) is 6.33 Å². The number of hydrogen-bond donors (Lipinski definition) is 1. The van der Waals surface area contributed by atoms with E-state index >= 15 is 0 Å². The van der Waals surface area contributed by atoms with Crippen LogP contribution in [0.3, 0.4) is 0 Å². The predicted octanol–water partition coefficient (Wildman–Crippen LogP) is 1.23. The molecule has 1 aliphatic rings. The molecule has 0 aliphatic heterocycles. The lowest BCUT2D eigenvalue weighted by molar-refractivity contribution is -0.0158. The summed E-state index contributed by atoms with van der Waals surface area (Å²) in [5.74, 6) is -0.184. The van der Waals surface area contributed by atoms with Crippen molar-refractivity contribution in [2.75, 3.05) is 20.3 Å². The van der Waals surface area contributed by atoms with Gasteiger partial charge in [-0.1, -0.05) is 0 Å². The summed E-state index contributed by atoms with van der Waals surface area (Å²) in [5.41, 5.74) is 0.373. The molecule has 1 aliphatic carbocycles. The summed E-state index contributed by atoms with van der Waals surface area (Å²) in [6.07, 6.45) is 11.1. The SMILES string of the molecule is COCCOC1CCC(NC(=O)c2ccncn2)C(n2ccnc2)C1. The van der Waals surface area contributed by atoms with E-state index in [1.807, 2.05) is 10.8 Å².